The number of amides is 2. The standard InChI is InChI=1S/C23H23ClN4O3S/c1-23(2,3)14-6-8-15(9-7-14)32(5,31)26-17-11-10-16(24)19-20(17)22(30)28(21(19)29)18-12-13-27(4)25-18/h6-13H,5H2,1-4H3,(H,26,31). The number of nitrogens with one attached hydrogen (secondary N) is 1. The van der Waals surface area contributed by atoms with E-state index in [1.807, 2.05) is 12.1 Å². The van der Waals surface area contributed by atoms with E-state index in [1.165, 1.54) is 16.8 Å². The van der Waals surface area contributed by atoms with Crippen molar-refractivity contribution in [2.75, 3.05) is 9.62 Å². The molecule has 0 fully saturated rings. The molecule has 0 saturated carbocycles. The number of nitrogens with zero attached hydrogens (tertiary/aromatic N) is 3. The van der Waals surface area contributed by atoms with E-state index in [2.05, 4.69) is 36.5 Å². The number of rotatable bonds is 4. The number of aryl methyl sites for hydroxylation is 1. The Morgan fingerprint density at radius 2 is 1.62 bits per heavy atom. The lowest BCUT2D eigenvalue weighted by atomic mass is 9.87. The van der Waals surface area contributed by atoms with Crippen molar-refractivity contribution in [2.45, 2.75) is 31.1 Å². The molecule has 1 unspecified atom stereocenters. The molecule has 1 aromatic heterocycles. The molecular formula is C23H23ClN4O3S. The lowest BCUT2D eigenvalue weighted by molar-refractivity contribution is 0.0925. The highest BCUT2D eigenvalue weighted by Gasteiger charge is 2.41. The van der Waals surface area contributed by atoms with Gasteiger partial charge in [-0.1, -0.05) is 44.5 Å². The Hall–Kier alpha value is -3.10. The topological polar surface area (TPSA) is 84.3 Å². The van der Waals surface area contributed by atoms with Crippen molar-refractivity contribution < 1.29 is 13.8 Å². The van der Waals surface area contributed by atoms with Crippen LogP contribution in [-0.2, 0) is 22.2 Å². The number of anilines is 2. The summed E-state index contributed by atoms with van der Waals surface area (Å²) in [5.41, 5.74) is 1.37. The normalized spacial score (nSPS) is 15.6. The van der Waals surface area contributed by atoms with Crippen LogP contribution in [0.25, 0.3) is 0 Å². The maximum absolute atomic E-state index is 13.5. The van der Waals surface area contributed by atoms with Crippen LogP contribution in [-0.4, -0.2) is 31.7 Å². The number of hydrogen-bond donors (Lipinski definition) is 1. The van der Waals surface area contributed by atoms with Crippen LogP contribution in [0.15, 0.2) is 53.6 Å². The zero-order valence-electron chi connectivity index (χ0n) is 18.2. The van der Waals surface area contributed by atoms with E-state index in [0.717, 1.165) is 10.5 Å². The number of aromatic nitrogens is 2. The maximum Gasteiger partial charge on any atom is 0.269 e. The smallest absolute Gasteiger partial charge is 0.269 e. The van der Waals surface area contributed by atoms with Crippen molar-refractivity contribution >= 4 is 50.5 Å². The second-order valence-electron chi connectivity index (χ2n) is 8.69. The zero-order valence-corrected chi connectivity index (χ0v) is 19.8. The lowest BCUT2D eigenvalue weighted by Gasteiger charge is -2.20. The lowest BCUT2D eigenvalue weighted by Crippen LogP contribution is -2.30. The fraction of sp³-hybridized carbons (Fsp3) is 0.217. The van der Waals surface area contributed by atoms with Gasteiger partial charge in [0.2, 0.25) is 0 Å². The summed E-state index contributed by atoms with van der Waals surface area (Å²) in [5, 5.41) is 4.29. The number of carbonyl (C=O) groups excluding carboxylic acids is 2. The molecule has 1 aliphatic rings. The van der Waals surface area contributed by atoms with Crippen LogP contribution in [0.2, 0.25) is 5.02 Å². The molecule has 3 aromatic rings. The number of hydrogen-bond acceptors (Lipinski definition) is 4. The van der Waals surface area contributed by atoms with Gasteiger partial charge in [0.05, 0.1) is 31.5 Å². The van der Waals surface area contributed by atoms with E-state index >= 15 is 0 Å². The molecule has 1 atom stereocenters. The van der Waals surface area contributed by atoms with Crippen LogP contribution in [0, 0.1) is 0 Å². The van der Waals surface area contributed by atoms with Crippen molar-refractivity contribution in [2.24, 2.45) is 7.05 Å². The van der Waals surface area contributed by atoms with E-state index in [0.29, 0.717) is 4.90 Å². The molecule has 32 heavy (non-hydrogen) atoms. The predicted molar refractivity (Wildman–Crippen MR) is 128 cm³/mol. The first-order valence-electron chi connectivity index (χ1n) is 9.86. The molecule has 4 rings (SSSR count). The van der Waals surface area contributed by atoms with Gasteiger partial charge in [0.1, 0.15) is 0 Å². The highest BCUT2D eigenvalue weighted by Crippen LogP contribution is 2.37. The second kappa shape index (κ2) is 7.50. The molecule has 166 valence electrons. The summed E-state index contributed by atoms with van der Waals surface area (Å²) in [7, 11) is -1.34. The van der Waals surface area contributed by atoms with Crippen LogP contribution >= 0.6 is 11.6 Å². The summed E-state index contributed by atoms with van der Waals surface area (Å²) in [4.78, 5) is 27.7. The Labute approximate surface area is 192 Å². The third kappa shape index (κ3) is 3.69. The SMILES string of the molecule is C=S(=O)(Nc1ccc(Cl)c2c1C(=O)N(c1ccn(C)n1)C2=O)c1ccc(C(C)(C)C)cc1. The van der Waals surface area contributed by atoms with Crippen LogP contribution < -0.4 is 9.62 Å². The molecule has 7 nitrogen and oxygen atoms in total. The fourth-order valence-corrected chi connectivity index (χ4v) is 5.01. The molecule has 0 aliphatic carbocycles. The van der Waals surface area contributed by atoms with E-state index in [-0.39, 0.29) is 33.1 Å². The first-order valence-corrected chi connectivity index (χ1v) is 12.0. The Bertz CT molecular complexity index is 1350. The van der Waals surface area contributed by atoms with E-state index in [1.54, 1.807) is 31.4 Å². The number of benzene rings is 2. The summed E-state index contributed by atoms with van der Waals surface area (Å²) in [5.74, 6) is 2.87. The molecule has 0 spiro atoms. The van der Waals surface area contributed by atoms with E-state index in [9.17, 15) is 13.8 Å². The average molecular weight is 471 g/mol. The Balaban J connectivity index is 1.73. The van der Waals surface area contributed by atoms with Gasteiger partial charge < -0.3 is 4.72 Å². The number of imide groups is 1. The van der Waals surface area contributed by atoms with Gasteiger partial charge in [0.25, 0.3) is 11.8 Å². The van der Waals surface area contributed by atoms with Gasteiger partial charge in [-0.2, -0.15) is 5.10 Å². The number of carbonyl (C=O) groups is 2. The summed E-state index contributed by atoms with van der Waals surface area (Å²) in [6.07, 6.45) is 1.63. The molecule has 2 aromatic carbocycles. The molecule has 0 bridgehead atoms. The third-order valence-corrected chi connectivity index (χ3v) is 7.19. The van der Waals surface area contributed by atoms with E-state index in [4.69, 9.17) is 11.6 Å². The van der Waals surface area contributed by atoms with Gasteiger partial charge in [-0.3, -0.25) is 14.3 Å². The van der Waals surface area contributed by atoms with Crippen molar-refractivity contribution in [1.29, 1.82) is 0 Å². The summed E-state index contributed by atoms with van der Waals surface area (Å²) in [6.45, 7) is 6.28. The van der Waals surface area contributed by atoms with Crippen molar-refractivity contribution in [3.05, 3.63) is 70.4 Å². The minimum atomic E-state index is -3.02. The minimum absolute atomic E-state index is 0.0469. The van der Waals surface area contributed by atoms with E-state index < -0.39 is 21.5 Å². The van der Waals surface area contributed by atoms with Gasteiger partial charge in [0.15, 0.2) is 5.82 Å². The number of halogens is 1. The predicted octanol–water partition coefficient (Wildman–Crippen LogP) is 4.27. The highest BCUT2D eigenvalue weighted by atomic mass is 35.5. The maximum atomic E-state index is 13.5. The van der Waals surface area contributed by atoms with Crippen molar-refractivity contribution in [3.8, 4) is 0 Å². The zero-order chi connectivity index (χ0) is 23.4. The Morgan fingerprint density at radius 1 is 1.00 bits per heavy atom. The minimum Gasteiger partial charge on any atom is -0.308 e. The summed E-state index contributed by atoms with van der Waals surface area (Å²) in [6, 6.07) is 11.9. The second-order valence-corrected chi connectivity index (χ2v) is 11.1. The highest BCUT2D eigenvalue weighted by molar-refractivity contribution is 8.01. The van der Waals surface area contributed by atoms with Crippen molar-refractivity contribution in [1.82, 2.24) is 9.78 Å². The third-order valence-electron chi connectivity index (χ3n) is 5.29. The Morgan fingerprint density at radius 3 is 2.19 bits per heavy atom. The van der Waals surface area contributed by atoms with Crippen LogP contribution in [0.3, 0.4) is 0 Å². The first-order chi connectivity index (χ1) is 14.9. The monoisotopic (exact) mass is 470 g/mol. The molecule has 9 heteroatoms. The molecule has 0 radical (unpaired) electrons. The van der Waals surface area contributed by atoms with Crippen LogP contribution in [0.4, 0.5) is 11.5 Å². The van der Waals surface area contributed by atoms with Gasteiger partial charge in [-0.25, -0.2) is 9.11 Å². The fourth-order valence-electron chi connectivity index (χ4n) is 3.55. The molecule has 2 heterocycles. The quantitative estimate of drug-likeness (QED) is 0.455. The molecular weight excluding hydrogens is 448 g/mol. The first kappa shape index (κ1) is 22.1. The molecule has 2 amide bonds. The van der Waals surface area contributed by atoms with Crippen LogP contribution in [0.1, 0.15) is 47.1 Å². The summed E-state index contributed by atoms with van der Waals surface area (Å²) < 4.78 is 17.8. The number of fused-ring (bicyclic) bond motifs is 1. The van der Waals surface area contributed by atoms with Gasteiger partial charge in [-0.05, 0) is 41.1 Å². The van der Waals surface area contributed by atoms with Gasteiger partial charge in [-0.15, -0.1) is 0 Å². The van der Waals surface area contributed by atoms with Crippen LogP contribution in [0.5, 0.6) is 0 Å². The molecule has 1 N–H and O–H groups in total. The molecule has 0 saturated heterocycles. The Kier molecular flexibility index (Phi) is 5.18. The van der Waals surface area contributed by atoms with Crippen molar-refractivity contribution in [3.63, 3.8) is 0 Å². The average Bonchev–Trinajstić information content (AvgIpc) is 3.24. The largest absolute Gasteiger partial charge is 0.308 e. The van der Waals surface area contributed by atoms with Gasteiger partial charge in [0, 0.05) is 24.2 Å². The molecule has 1 aliphatic heterocycles. The van der Waals surface area contributed by atoms with Gasteiger partial charge >= 0.3 is 0 Å². The summed E-state index contributed by atoms with van der Waals surface area (Å²) >= 11 is 6.27.